The van der Waals surface area contributed by atoms with Gasteiger partial charge in [0, 0.05) is 31.3 Å². The number of anilines is 1. The molecule has 0 aliphatic heterocycles. The zero-order valence-corrected chi connectivity index (χ0v) is 15.5. The van der Waals surface area contributed by atoms with E-state index in [1.165, 1.54) is 19.0 Å². The normalized spacial score (nSPS) is 13.8. The van der Waals surface area contributed by atoms with E-state index in [0.717, 1.165) is 12.2 Å². The summed E-state index contributed by atoms with van der Waals surface area (Å²) in [5.74, 6) is 1.37. The first kappa shape index (κ1) is 16.9. The average molecular weight is 394 g/mol. The van der Waals surface area contributed by atoms with Gasteiger partial charge in [-0.15, -0.1) is 0 Å². The van der Waals surface area contributed by atoms with Gasteiger partial charge in [-0.05, 0) is 37.0 Å². The molecule has 0 atom stereocenters. The predicted octanol–water partition coefficient (Wildman–Crippen LogP) is 3.30. The van der Waals surface area contributed by atoms with Crippen molar-refractivity contribution in [1.82, 2.24) is 29.1 Å². The van der Waals surface area contributed by atoms with Crippen LogP contribution in [0.3, 0.4) is 0 Å². The Morgan fingerprint density at radius 2 is 2.11 bits per heavy atom. The van der Waals surface area contributed by atoms with Crippen LogP contribution in [-0.2, 0) is 6.54 Å². The first-order valence-electron chi connectivity index (χ1n) is 8.96. The highest BCUT2D eigenvalue weighted by atomic mass is 35.5. The number of fused-ring (bicyclic) bond motifs is 1. The molecule has 5 rings (SSSR count). The van der Waals surface area contributed by atoms with E-state index in [1.54, 1.807) is 36.9 Å². The molecule has 8 nitrogen and oxygen atoms in total. The summed E-state index contributed by atoms with van der Waals surface area (Å²) in [5.41, 5.74) is 1.76. The van der Waals surface area contributed by atoms with E-state index in [-0.39, 0.29) is 11.6 Å². The lowest BCUT2D eigenvalue weighted by Crippen LogP contribution is -2.14. The van der Waals surface area contributed by atoms with Crippen LogP contribution in [0.4, 0.5) is 5.82 Å². The molecule has 4 heterocycles. The molecule has 1 N–H and O–H groups in total. The highest BCUT2D eigenvalue weighted by molar-refractivity contribution is 6.30. The molecule has 1 fully saturated rings. The molecule has 1 aliphatic rings. The van der Waals surface area contributed by atoms with Crippen LogP contribution in [-0.4, -0.2) is 35.0 Å². The first-order chi connectivity index (χ1) is 13.7. The van der Waals surface area contributed by atoms with Crippen LogP contribution in [0.15, 0.2) is 49.2 Å². The van der Waals surface area contributed by atoms with Crippen LogP contribution in [0.5, 0.6) is 0 Å². The molecule has 1 saturated carbocycles. The Morgan fingerprint density at radius 3 is 2.89 bits per heavy atom. The van der Waals surface area contributed by atoms with Crippen LogP contribution >= 0.6 is 11.6 Å². The second kappa shape index (κ2) is 6.72. The molecule has 0 saturated heterocycles. The van der Waals surface area contributed by atoms with Gasteiger partial charge in [-0.3, -0.25) is 18.9 Å². The maximum atomic E-state index is 12.9. The third-order valence-electron chi connectivity index (χ3n) is 4.70. The second-order valence-electron chi connectivity index (χ2n) is 6.77. The van der Waals surface area contributed by atoms with Crippen LogP contribution < -0.4 is 5.32 Å². The van der Waals surface area contributed by atoms with E-state index in [2.05, 4.69) is 25.4 Å². The van der Waals surface area contributed by atoms with Crippen LogP contribution in [0.25, 0.3) is 17.0 Å². The molecule has 0 radical (unpaired) electrons. The van der Waals surface area contributed by atoms with Gasteiger partial charge in [-0.25, -0.2) is 9.97 Å². The summed E-state index contributed by atoms with van der Waals surface area (Å²) < 4.78 is 3.81. The number of pyridine rings is 1. The molecule has 4 aromatic heterocycles. The van der Waals surface area contributed by atoms with Crippen LogP contribution in [0, 0.1) is 5.92 Å². The third kappa shape index (κ3) is 3.11. The molecule has 0 unspecified atom stereocenters. The number of imidazole rings is 1. The van der Waals surface area contributed by atoms with Crippen molar-refractivity contribution < 1.29 is 4.79 Å². The van der Waals surface area contributed by atoms with Crippen LogP contribution in [0.1, 0.15) is 23.3 Å². The third-order valence-corrected chi connectivity index (χ3v) is 4.93. The summed E-state index contributed by atoms with van der Waals surface area (Å²) in [6.45, 7) is 0.860. The quantitative estimate of drug-likeness (QED) is 0.561. The number of carbonyl (C=O) groups is 1. The largest absolute Gasteiger partial charge is 0.305 e. The van der Waals surface area contributed by atoms with Crippen molar-refractivity contribution in [2.24, 2.45) is 5.92 Å². The first-order valence-corrected chi connectivity index (χ1v) is 9.34. The summed E-state index contributed by atoms with van der Waals surface area (Å²) in [4.78, 5) is 25.7. The zero-order valence-electron chi connectivity index (χ0n) is 14.8. The molecule has 28 heavy (non-hydrogen) atoms. The summed E-state index contributed by atoms with van der Waals surface area (Å²) in [6.07, 6.45) is 10.8. The Morgan fingerprint density at radius 1 is 1.21 bits per heavy atom. The number of rotatable bonds is 5. The van der Waals surface area contributed by atoms with Gasteiger partial charge in [0.15, 0.2) is 11.5 Å². The molecular weight excluding hydrogens is 378 g/mol. The van der Waals surface area contributed by atoms with Crippen LogP contribution in [0.2, 0.25) is 5.02 Å². The molecule has 4 aromatic rings. The van der Waals surface area contributed by atoms with Gasteiger partial charge < -0.3 is 5.32 Å². The van der Waals surface area contributed by atoms with Crippen molar-refractivity contribution in [3.63, 3.8) is 0 Å². The highest BCUT2D eigenvalue weighted by Gasteiger charge is 2.25. The molecule has 0 aromatic carbocycles. The van der Waals surface area contributed by atoms with E-state index in [9.17, 15) is 4.79 Å². The van der Waals surface area contributed by atoms with Crippen molar-refractivity contribution in [2.75, 3.05) is 5.32 Å². The molecule has 9 heteroatoms. The fraction of sp³-hybridized carbons (Fsp3) is 0.211. The highest BCUT2D eigenvalue weighted by Crippen LogP contribution is 2.32. The van der Waals surface area contributed by atoms with Crippen molar-refractivity contribution in [2.45, 2.75) is 19.4 Å². The van der Waals surface area contributed by atoms with Crippen molar-refractivity contribution >= 4 is 28.8 Å². The fourth-order valence-electron chi connectivity index (χ4n) is 3.12. The van der Waals surface area contributed by atoms with E-state index >= 15 is 0 Å². The van der Waals surface area contributed by atoms with E-state index in [1.807, 2.05) is 15.1 Å². The van der Waals surface area contributed by atoms with Crippen molar-refractivity contribution in [3.8, 4) is 11.5 Å². The van der Waals surface area contributed by atoms with Gasteiger partial charge in [0.05, 0.1) is 16.7 Å². The monoisotopic (exact) mass is 393 g/mol. The molecule has 1 amide bonds. The number of carbonyl (C=O) groups excluding carboxylic acids is 1. The Labute approximate surface area is 165 Å². The van der Waals surface area contributed by atoms with E-state index < -0.39 is 0 Å². The number of aromatic nitrogens is 6. The number of halogens is 1. The van der Waals surface area contributed by atoms with Crippen molar-refractivity contribution in [3.05, 3.63) is 59.9 Å². The topological polar surface area (TPSA) is 90.0 Å². The minimum Gasteiger partial charge on any atom is -0.305 e. The Balaban J connectivity index is 1.54. The number of hydrogen-bond acceptors (Lipinski definition) is 5. The van der Waals surface area contributed by atoms with Gasteiger partial charge in [0.2, 0.25) is 0 Å². The number of nitrogens with zero attached hydrogens (tertiary/aromatic N) is 6. The molecule has 0 bridgehead atoms. The lowest BCUT2D eigenvalue weighted by Gasteiger charge is -2.05. The Kier molecular flexibility index (Phi) is 4.05. The second-order valence-corrected chi connectivity index (χ2v) is 7.21. The number of amides is 1. The van der Waals surface area contributed by atoms with Gasteiger partial charge in [-0.1, -0.05) is 11.6 Å². The zero-order chi connectivity index (χ0) is 19.1. The van der Waals surface area contributed by atoms with E-state index in [0.29, 0.717) is 28.1 Å². The molecule has 140 valence electrons. The van der Waals surface area contributed by atoms with Crippen molar-refractivity contribution in [1.29, 1.82) is 0 Å². The van der Waals surface area contributed by atoms with Gasteiger partial charge >= 0.3 is 0 Å². The average Bonchev–Trinajstić information content (AvgIpc) is 3.26. The summed E-state index contributed by atoms with van der Waals surface area (Å²) in [5, 5.41) is 7.69. The van der Waals surface area contributed by atoms with Gasteiger partial charge in [0.1, 0.15) is 11.5 Å². The SMILES string of the molecule is O=C(Nc1ccc(Cl)cn1)c1nc(-c2ccnn2CC2CC2)n2ccncc12. The number of nitrogens with one attached hydrogen (secondary N) is 1. The lowest BCUT2D eigenvalue weighted by molar-refractivity contribution is 0.102. The molecule has 0 spiro atoms. The molecule has 1 aliphatic carbocycles. The summed E-state index contributed by atoms with van der Waals surface area (Å²) in [6, 6.07) is 5.22. The number of hydrogen-bond donors (Lipinski definition) is 1. The predicted molar refractivity (Wildman–Crippen MR) is 104 cm³/mol. The summed E-state index contributed by atoms with van der Waals surface area (Å²) >= 11 is 5.85. The minimum absolute atomic E-state index is 0.277. The van der Waals surface area contributed by atoms with Gasteiger partial charge in [-0.2, -0.15) is 5.10 Å². The Bertz CT molecular complexity index is 1160. The Hall–Kier alpha value is -3.26. The fourth-order valence-corrected chi connectivity index (χ4v) is 3.24. The summed E-state index contributed by atoms with van der Waals surface area (Å²) in [7, 11) is 0. The van der Waals surface area contributed by atoms with Gasteiger partial charge in [0.25, 0.3) is 5.91 Å². The smallest absolute Gasteiger partial charge is 0.277 e. The maximum absolute atomic E-state index is 12.9. The minimum atomic E-state index is -0.361. The lowest BCUT2D eigenvalue weighted by atomic mass is 10.3. The molecular formula is C19H16ClN7O. The standard InChI is InChI=1S/C19H16ClN7O/c20-13-3-4-16(22-9-13)24-19(28)17-15-10-21-7-8-26(15)18(25-17)14-5-6-23-27(14)11-12-1-2-12/h3-10,12H,1-2,11H2,(H,22,24,28). The van der Waals surface area contributed by atoms with E-state index in [4.69, 9.17) is 11.6 Å². The maximum Gasteiger partial charge on any atom is 0.277 e.